The Bertz CT molecular complexity index is 370. The fourth-order valence-electron chi connectivity index (χ4n) is 1.23. The Hall–Kier alpha value is -1.18. The lowest BCUT2D eigenvalue weighted by atomic mass is 10.2. The van der Waals surface area contributed by atoms with E-state index in [1.54, 1.807) is 12.4 Å². The fraction of sp³-hybridized carbons (Fsp3) is 0.500. The molecule has 0 aliphatic heterocycles. The van der Waals surface area contributed by atoms with Crippen LogP contribution in [0, 0.1) is 0 Å². The van der Waals surface area contributed by atoms with Gasteiger partial charge < -0.3 is 10.2 Å². The largest absolute Gasteiger partial charge is 0.480 e. The Labute approximate surface area is 103 Å². The van der Waals surface area contributed by atoms with Crippen molar-refractivity contribution in [2.24, 2.45) is 0 Å². The summed E-state index contributed by atoms with van der Waals surface area (Å²) >= 11 is 1.43. The molecule has 3 N–H and O–H groups in total. The number of carboxylic acids is 1. The third kappa shape index (κ3) is 4.29. The number of thioether (sulfide) groups is 1. The molecule has 2 atom stereocenters. The molecule has 1 aromatic heterocycles. The molecule has 1 aromatic rings. The molecule has 0 spiro atoms. The number of hydrogen-bond acceptors (Lipinski definition) is 6. The van der Waals surface area contributed by atoms with Crippen molar-refractivity contribution in [3.8, 4) is 0 Å². The summed E-state index contributed by atoms with van der Waals surface area (Å²) in [6.45, 7) is 1.73. The first-order chi connectivity index (χ1) is 8.04. The number of aromatic nitrogens is 2. The van der Waals surface area contributed by atoms with E-state index in [2.05, 4.69) is 15.3 Å². The molecular weight excluding hydrogens is 242 g/mol. The zero-order valence-electron chi connectivity index (χ0n) is 9.62. The second-order valence-corrected chi connectivity index (χ2v) is 4.29. The molecule has 0 unspecified atom stereocenters. The maximum atomic E-state index is 10.8. The second kappa shape index (κ2) is 6.53. The third-order valence-electron chi connectivity index (χ3n) is 2.14. The summed E-state index contributed by atoms with van der Waals surface area (Å²) in [5.41, 5.74) is 0.773. The van der Waals surface area contributed by atoms with Crippen LogP contribution in [-0.4, -0.2) is 44.6 Å². The summed E-state index contributed by atoms with van der Waals surface area (Å²) in [4.78, 5) is 18.9. The summed E-state index contributed by atoms with van der Waals surface area (Å²) in [6, 6.07) is -0.991. The molecule has 0 amide bonds. The van der Waals surface area contributed by atoms with E-state index >= 15 is 0 Å². The molecule has 0 saturated carbocycles. The first kappa shape index (κ1) is 13.9. The molecule has 94 valence electrons. The van der Waals surface area contributed by atoms with Crippen molar-refractivity contribution in [2.75, 3.05) is 6.26 Å². The molecule has 0 aliphatic rings. The van der Waals surface area contributed by atoms with E-state index in [-0.39, 0.29) is 0 Å². The highest BCUT2D eigenvalue weighted by atomic mass is 32.2. The molecule has 0 aliphatic carbocycles. The van der Waals surface area contributed by atoms with Crippen LogP contribution in [0.15, 0.2) is 17.6 Å². The van der Waals surface area contributed by atoms with Gasteiger partial charge in [0.1, 0.15) is 6.04 Å². The lowest BCUT2D eigenvalue weighted by Gasteiger charge is -2.16. The zero-order valence-corrected chi connectivity index (χ0v) is 10.4. The van der Waals surface area contributed by atoms with Crippen LogP contribution in [0.3, 0.4) is 0 Å². The Morgan fingerprint density at radius 3 is 2.53 bits per heavy atom. The minimum atomic E-state index is -1.08. The first-order valence-corrected chi connectivity index (χ1v) is 6.26. The van der Waals surface area contributed by atoms with Crippen LogP contribution in [0.5, 0.6) is 0 Å². The predicted molar refractivity (Wildman–Crippen MR) is 63.8 cm³/mol. The SMILES string of the molecule is CSc1ncc(CN[C@H](C(=O)O)[C@H](C)O)cn1. The number of aliphatic carboxylic acids is 1. The minimum absolute atomic E-state index is 0.302. The summed E-state index contributed by atoms with van der Waals surface area (Å²) in [5, 5.41) is 21.5. The quantitative estimate of drug-likeness (QED) is 0.492. The predicted octanol–water partition coefficient (Wildman–Crippen LogP) is 0.122. The van der Waals surface area contributed by atoms with E-state index in [1.165, 1.54) is 18.7 Å². The summed E-state index contributed by atoms with van der Waals surface area (Å²) in [5.74, 6) is -1.08. The van der Waals surface area contributed by atoms with Gasteiger partial charge in [0.15, 0.2) is 5.16 Å². The number of rotatable bonds is 6. The molecule has 0 aromatic carbocycles. The van der Waals surface area contributed by atoms with Gasteiger partial charge in [0.25, 0.3) is 0 Å². The normalized spacial score (nSPS) is 14.3. The van der Waals surface area contributed by atoms with Crippen LogP contribution in [0.25, 0.3) is 0 Å². The van der Waals surface area contributed by atoms with Gasteiger partial charge in [0.05, 0.1) is 6.10 Å². The zero-order chi connectivity index (χ0) is 12.8. The smallest absolute Gasteiger partial charge is 0.323 e. The maximum absolute atomic E-state index is 10.8. The van der Waals surface area contributed by atoms with Crippen molar-refractivity contribution in [1.29, 1.82) is 0 Å². The highest BCUT2D eigenvalue weighted by Gasteiger charge is 2.21. The molecule has 1 rings (SSSR count). The summed E-state index contributed by atoms with van der Waals surface area (Å²) in [7, 11) is 0. The van der Waals surface area contributed by atoms with Gasteiger partial charge in [-0.25, -0.2) is 9.97 Å². The summed E-state index contributed by atoms with van der Waals surface area (Å²) in [6.07, 6.45) is 4.18. The summed E-state index contributed by atoms with van der Waals surface area (Å²) < 4.78 is 0. The molecule has 7 heteroatoms. The van der Waals surface area contributed by atoms with E-state index in [0.29, 0.717) is 11.7 Å². The molecular formula is C10H15N3O3S. The minimum Gasteiger partial charge on any atom is -0.480 e. The van der Waals surface area contributed by atoms with E-state index in [4.69, 9.17) is 5.11 Å². The van der Waals surface area contributed by atoms with E-state index in [1.807, 2.05) is 6.26 Å². The van der Waals surface area contributed by atoms with Crippen LogP contribution in [-0.2, 0) is 11.3 Å². The van der Waals surface area contributed by atoms with E-state index in [0.717, 1.165) is 5.56 Å². The number of hydrogen-bond donors (Lipinski definition) is 3. The molecule has 17 heavy (non-hydrogen) atoms. The number of nitrogens with one attached hydrogen (secondary N) is 1. The Morgan fingerprint density at radius 2 is 2.12 bits per heavy atom. The molecule has 0 saturated heterocycles. The fourth-order valence-corrected chi connectivity index (χ4v) is 1.55. The number of carboxylic acid groups (broad SMARTS) is 1. The lowest BCUT2D eigenvalue weighted by molar-refractivity contribution is -0.142. The molecule has 0 bridgehead atoms. The molecule has 0 fully saturated rings. The van der Waals surface area contributed by atoms with Crippen molar-refractivity contribution >= 4 is 17.7 Å². The van der Waals surface area contributed by atoms with Gasteiger partial charge in [-0.1, -0.05) is 11.8 Å². The number of nitrogens with zero attached hydrogens (tertiary/aromatic N) is 2. The average molecular weight is 257 g/mol. The van der Waals surface area contributed by atoms with Crippen molar-refractivity contribution in [2.45, 2.75) is 30.8 Å². The molecule has 1 heterocycles. The molecule has 0 radical (unpaired) electrons. The van der Waals surface area contributed by atoms with Crippen LogP contribution in [0.4, 0.5) is 0 Å². The van der Waals surface area contributed by atoms with Gasteiger partial charge in [0.2, 0.25) is 0 Å². The standard InChI is InChI=1S/C10H15N3O3S/c1-6(14)8(9(15)16)11-3-7-4-12-10(17-2)13-5-7/h4-6,8,11,14H,3H2,1-2H3,(H,15,16)/t6-,8-/m0/s1. The monoisotopic (exact) mass is 257 g/mol. The lowest BCUT2D eigenvalue weighted by Crippen LogP contribution is -2.44. The second-order valence-electron chi connectivity index (χ2n) is 3.52. The Morgan fingerprint density at radius 1 is 1.53 bits per heavy atom. The van der Waals surface area contributed by atoms with Crippen molar-refractivity contribution < 1.29 is 15.0 Å². The number of carbonyl (C=O) groups is 1. The maximum Gasteiger partial charge on any atom is 0.323 e. The van der Waals surface area contributed by atoms with Crippen LogP contribution in [0.1, 0.15) is 12.5 Å². The van der Waals surface area contributed by atoms with Crippen molar-refractivity contribution in [3.05, 3.63) is 18.0 Å². The molecule has 6 nitrogen and oxygen atoms in total. The van der Waals surface area contributed by atoms with Gasteiger partial charge in [-0.15, -0.1) is 0 Å². The van der Waals surface area contributed by atoms with E-state index < -0.39 is 18.1 Å². The average Bonchev–Trinajstić information content (AvgIpc) is 2.29. The highest BCUT2D eigenvalue weighted by molar-refractivity contribution is 7.98. The topological polar surface area (TPSA) is 95.3 Å². The Kier molecular flexibility index (Phi) is 5.33. The first-order valence-electron chi connectivity index (χ1n) is 5.03. The number of aliphatic hydroxyl groups is 1. The van der Waals surface area contributed by atoms with Gasteiger partial charge in [-0.05, 0) is 13.2 Å². The van der Waals surface area contributed by atoms with Crippen molar-refractivity contribution in [3.63, 3.8) is 0 Å². The third-order valence-corrected chi connectivity index (χ3v) is 2.71. The van der Waals surface area contributed by atoms with Gasteiger partial charge in [0, 0.05) is 24.5 Å². The van der Waals surface area contributed by atoms with Gasteiger partial charge in [-0.3, -0.25) is 10.1 Å². The van der Waals surface area contributed by atoms with Crippen LogP contribution in [0.2, 0.25) is 0 Å². The van der Waals surface area contributed by atoms with Crippen molar-refractivity contribution in [1.82, 2.24) is 15.3 Å². The van der Waals surface area contributed by atoms with Gasteiger partial charge >= 0.3 is 5.97 Å². The van der Waals surface area contributed by atoms with E-state index in [9.17, 15) is 9.90 Å². The highest BCUT2D eigenvalue weighted by Crippen LogP contribution is 2.07. The Balaban J connectivity index is 2.56. The number of aliphatic hydroxyl groups excluding tert-OH is 1. The van der Waals surface area contributed by atoms with Crippen LogP contribution < -0.4 is 5.32 Å². The van der Waals surface area contributed by atoms with Gasteiger partial charge in [-0.2, -0.15) is 0 Å². The van der Waals surface area contributed by atoms with Crippen LogP contribution >= 0.6 is 11.8 Å².